The average Bonchev–Trinajstić information content (AvgIpc) is 2.50. The van der Waals surface area contributed by atoms with E-state index in [0.29, 0.717) is 11.3 Å². The first kappa shape index (κ1) is 15.5. The number of ether oxygens (including phenoxy) is 1. The molecule has 0 saturated carbocycles. The third kappa shape index (κ3) is 3.60. The van der Waals surface area contributed by atoms with Crippen molar-refractivity contribution in [3.8, 4) is 0 Å². The molecule has 114 valence electrons. The Morgan fingerprint density at radius 3 is 2.64 bits per heavy atom. The van der Waals surface area contributed by atoms with Gasteiger partial charge in [-0.1, -0.05) is 6.07 Å². The number of nitrogens with zero attached hydrogens (tertiary/aromatic N) is 1. The molecule has 0 atom stereocenters. The minimum Gasteiger partial charge on any atom is -0.462 e. The van der Waals surface area contributed by atoms with Crippen molar-refractivity contribution in [3.05, 3.63) is 64.1 Å². The largest absolute Gasteiger partial charge is 0.462 e. The number of rotatable bonds is 4. The van der Waals surface area contributed by atoms with Crippen molar-refractivity contribution < 1.29 is 14.3 Å². The number of hydrogen-bond donors (Lipinski definition) is 1. The second-order valence-electron chi connectivity index (χ2n) is 4.62. The molecule has 0 bridgehead atoms. The molecule has 6 nitrogen and oxygen atoms in total. The third-order valence-electron chi connectivity index (χ3n) is 3.00. The molecule has 0 saturated heterocycles. The smallest absolute Gasteiger partial charge is 0.338 e. The molecule has 22 heavy (non-hydrogen) atoms. The molecule has 0 fully saturated rings. The molecule has 0 aliphatic rings. The number of carbonyl (C=O) groups excluding carboxylic acids is 2. The lowest BCUT2D eigenvalue weighted by atomic mass is 10.2. The van der Waals surface area contributed by atoms with Gasteiger partial charge in [-0.3, -0.25) is 9.59 Å². The van der Waals surface area contributed by atoms with Crippen LogP contribution in [0.1, 0.15) is 27.6 Å². The fourth-order valence-electron chi connectivity index (χ4n) is 1.83. The van der Waals surface area contributed by atoms with E-state index in [0.717, 1.165) is 0 Å². The van der Waals surface area contributed by atoms with E-state index in [1.807, 2.05) is 0 Å². The maximum Gasteiger partial charge on any atom is 0.338 e. The summed E-state index contributed by atoms with van der Waals surface area (Å²) in [7, 11) is 1.60. The van der Waals surface area contributed by atoms with Crippen molar-refractivity contribution in [1.82, 2.24) is 4.57 Å². The Hall–Kier alpha value is -2.89. The lowest BCUT2D eigenvalue weighted by molar-refractivity contribution is 0.0526. The molecule has 1 aromatic carbocycles. The Balaban J connectivity index is 2.18. The van der Waals surface area contributed by atoms with Gasteiger partial charge < -0.3 is 14.6 Å². The molecule has 0 unspecified atom stereocenters. The molecule has 6 heteroatoms. The zero-order chi connectivity index (χ0) is 16.1. The molecule has 2 aromatic rings. The van der Waals surface area contributed by atoms with Gasteiger partial charge in [-0.25, -0.2) is 4.79 Å². The lowest BCUT2D eigenvalue weighted by Crippen LogP contribution is -2.20. The van der Waals surface area contributed by atoms with Gasteiger partial charge in [-0.05, 0) is 31.2 Å². The van der Waals surface area contributed by atoms with E-state index < -0.39 is 11.9 Å². The predicted molar refractivity (Wildman–Crippen MR) is 82.0 cm³/mol. The number of carbonyl (C=O) groups is 2. The normalized spacial score (nSPS) is 10.1. The van der Waals surface area contributed by atoms with Gasteiger partial charge in [-0.15, -0.1) is 0 Å². The van der Waals surface area contributed by atoms with Crippen molar-refractivity contribution >= 4 is 17.6 Å². The van der Waals surface area contributed by atoms with E-state index in [4.69, 9.17) is 4.74 Å². The number of amides is 1. The maximum atomic E-state index is 12.1. The number of aromatic nitrogens is 1. The van der Waals surface area contributed by atoms with Crippen LogP contribution in [0.2, 0.25) is 0 Å². The van der Waals surface area contributed by atoms with Gasteiger partial charge in [0.05, 0.1) is 12.2 Å². The minimum absolute atomic E-state index is 0.254. The van der Waals surface area contributed by atoms with E-state index in [-0.39, 0.29) is 17.7 Å². The quantitative estimate of drug-likeness (QED) is 0.874. The van der Waals surface area contributed by atoms with Crippen LogP contribution in [0.4, 0.5) is 5.69 Å². The summed E-state index contributed by atoms with van der Waals surface area (Å²) >= 11 is 0. The Bertz CT molecular complexity index is 765. The highest BCUT2D eigenvalue weighted by molar-refractivity contribution is 6.04. The molecule has 2 rings (SSSR count). The van der Waals surface area contributed by atoms with Crippen LogP contribution in [0.3, 0.4) is 0 Å². The standard InChI is InChI=1S/C16H16N2O4/c1-3-22-16(21)12-5-4-6-13(9-12)17-15(20)11-7-8-18(2)14(19)10-11/h4-10H,3H2,1-2H3,(H,17,20). The van der Waals surface area contributed by atoms with Gasteiger partial charge in [0.2, 0.25) is 0 Å². The van der Waals surface area contributed by atoms with Crippen LogP contribution in [0.5, 0.6) is 0 Å². The second-order valence-corrected chi connectivity index (χ2v) is 4.62. The summed E-state index contributed by atoms with van der Waals surface area (Å²) < 4.78 is 6.28. The van der Waals surface area contributed by atoms with Crippen LogP contribution < -0.4 is 10.9 Å². The molecular weight excluding hydrogens is 284 g/mol. The monoisotopic (exact) mass is 300 g/mol. The van der Waals surface area contributed by atoms with Crippen molar-refractivity contribution in [3.63, 3.8) is 0 Å². The number of nitrogens with one attached hydrogen (secondary N) is 1. The van der Waals surface area contributed by atoms with Gasteiger partial charge >= 0.3 is 5.97 Å². The SMILES string of the molecule is CCOC(=O)c1cccc(NC(=O)c2ccn(C)c(=O)c2)c1. The first-order chi connectivity index (χ1) is 10.5. The van der Waals surface area contributed by atoms with E-state index in [1.54, 1.807) is 38.2 Å². The van der Waals surface area contributed by atoms with Crippen LogP contribution in [0.15, 0.2) is 47.4 Å². The van der Waals surface area contributed by atoms with E-state index in [9.17, 15) is 14.4 Å². The Kier molecular flexibility index (Phi) is 4.73. The van der Waals surface area contributed by atoms with Crippen molar-refractivity contribution in [2.45, 2.75) is 6.92 Å². The van der Waals surface area contributed by atoms with Gasteiger partial charge in [0.25, 0.3) is 11.5 Å². The lowest BCUT2D eigenvalue weighted by Gasteiger charge is -2.07. The maximum absolute atomic E-state index is 12.1. The highest BCUT2D eigenvalue weighted by Crippen LogP contribution is 2.13. The first-order valence-electron chi connectivity index (χ1n) is 6.76. The molecule has 1 aromatic heterocycles. The molecule has 1 amide bonds. The fourth-order valence-corrected chi connectivity index (χ4v) is 1.83. The van der Waals surface area contributed by atoms with Crippen LogP contribution in [0, 0.1) is 0 Å². The summed E-state index contributed by atoms with van der Waals surface area (Å²) in [6.07, 6.45) is 1.52. The highest BCUT2D eigenvalue weighted by atomic mass is 16.5. The average molecular weight is 300 g/mol. The van der Waals surface area contributed by atoms with Gasteiger partial charge in [0.1, 0.15) is 0 Å². The number of pyridine rings is 1. The van der Waals surface area contributed by atoms with Crippen LogP contribution >= 0.6 is 0 Å². The topological polar surface area (TPSA) is 77.4 Å². The Morgan fingerprint density at radius 2 is 1.95 bits per heavy atom. The fraction of sp³-hybridized carbons (Fsp3) is 0.188. The molecule has 1 heterocycles. The molecular formula is C16H16N2O4. The number of anilines is 1. The van der Waals surface area contributed by atoms with Gasteiger partial charge in [0.15, 0.2) is 0 Å². The van der Waals surface area contributed by atoms with Crippen molar-refractivity contribution in [2.24, 2.45) is 7.05 Å². The number of esters is 1. The van der Waals surface area contributed by atoms with Crippen LogP contribution in [0.25, 0.3) is 0 Å². The van der Waals surface area contributed by atoms with E-state index in [2.05, 4.69) is 5.32 Å². The summed E-state index contributed by atoms with van der Waals surface area (Å²) in [4.78, 5) is 35.3. The number of hydrogen-bond acceptors (Lipinski definition) is 4. The number of aryl methyl sites for hydroxylation is 1. The first-order valence-corrected chi connectivity index (χ1v) is 6.76. The molecule has 0 spiro atoms. The van der Waals surface area contributed by atoms with Gasteiger partial charge in [-0.2, -0.15) is 0 Å². The second kappa shape index (κ2) is 6.71. The van der Waals surface area contributed by atoms with Crippen LogP contribution in [-0.4, -0.2) is 23.1 Å². The molecule has 0 aliphatic carbocycles. The van der Waals surface area contributed by atoms with E-state index >= 15 is 0 Å². The zero-order valence-corrected chi connectivity index (χ0v) is 12.3. The van der Waals surface area contributed by atoms with E-state index in [1.165, 1.54) is 22.9 Å². The molecule has 0 radical (unpaired) electrons. The Morgan fingerprint density at radius 1 is 1.18 bits per heavy atom. The molecule has 1 N–H and O–H groups in total. The summed E-state index contributed by atoms with van der Waals surface area (Å²) in [5, 5.41) is 2.65. The Labute approximate surface area is 127 Å². The summed E-state index contributed by atoms with van der Waals surface area (Å²) in [6.45, 7) is 2.00. The van der Waals surface area contributed by atoms with Gasteiger partial charge in [0, 0.05) is 30.6 Å². The summed E-state index contributed by atoms with van der Waals surface area (Å²) in [5.74, 6) is -0.870. The summed E-state index contributed by atoms with van der Waals surface area (Å²) in [6, 6.07) is 9.23. The minimum atomic E-state index is -0.452. The predicted octanol–water partition coefficient (Wildman–Crippen LogP) is 1.81. The van der Waals surface area contributed by atoms with Crippen molar-refractivity contribution in [2.75, 3.05) is 11.9 Å². The zero-order valence-electron chi connectivity index (χ0n) is 12.3. The summed E-state index contributed by atoms with van der Waals surface area (Å²) in [5.41, 5.74) is 0.789. The molecule has 0 aliphatic heterocycles. The number of benzene rings is 1. The van der Waals surface area contributed by atoms with Crippen LogP contribution in [-0.2, 0) is 11.8 Å². The third-order valence-corrected chi connectivity index (χ3v) is 3.00. The highest BCUT2D eigenvalue weighted by Gasteiger charge is 2.10. The van der Waals surface area contributed by atoms with Crippen molar-refractivity contribution in [1.29, 1.82) is 0 Å².